The smallest absolute Gasteiger partial charge is 0.319 e. The number of aromatic nitrogens is 2. The molecular weight excluding hydrogens is 511 g/mol. The maximum Gasteiger partial charge on any atom is 0.319 e. The minimum atomic E-state index is -1.44. The van der Waals surface area contributed by atoms with Gasteiger partial charge in [-0.1, -0.05) is 0 Å². The Bertz CT molecular complexity index is 1380. The van der Waals surface area contributed by atoms with Crippen molar-refractivity contribution in [1.29, 1.82) is 0 Å². The summed E-state index contributed by atoms with van der Waals surface area (Å²) in [5.41, 5.74) is -0.790. The molecule has 1 aliphatic heterocycles. The molecule has 2 N–H and O–H groups in total. The third-order valence-corrected chi connectivity index (χ3v) is 6.85. The molecule has 1 aromatic heterocycles. The highest BCUT2D eigenvalue weighted by Crippen LogP contribution is 2.47. The van der Waals surface area contributed by atoms with Gasteiger partial charge in [0.25, 0.3) is 0 Å². The van der Waals surface area contributed by atoms with E-state index < -0.39 is 23.1 Å². The molecule has 0 unspecified atom stereocenters. The molecule has 5 rings (SSSR count). The van der Waals surface area contributed by atoms with Crippen LogP contribution in [0.4, 0.5) is 10.1 Å². The minimum absolute atomic E-state index is 0.110. The molecule has 1 amide bonds. The van der Waals surface area contributed by atoms with Crippen LogP contribution in [0.1, 0.15) is 19.3 Å². The lowest BCUT2D eigenvalue weighted by molar-refractivity contribution is -0.147. The fourth-order valence-electron chi connectivity index (χ4n) is 4.37. The number of ether oxygens (including phenoxy) is 4. The van der Waals surface area contributed by atoms with Crippen LogP contribution in [0.5, 0.6) is 23.1 Å². The van der Waals surface area contributed by atoms with Gasteiger partial charge in [-0.15, -0.1) is 0 Å². The number of benzene rings is 2. The molecule has 2 aromatic carbocycles. The highest BCUT2D eigenvalue weighted by atomic mass is 19.1. The van der Waals surface area contributed by atoms with E-state index >= 15 is 0 Å². The van der Waals surface area contributed by atoms with E-state index in [2.05, 4.69) is 20.2 Å². The first kappa shape index (κ1) is 26.6. The summed E-state index contributed by atoms with van der Waals surface area (Å²) in [7, 11) is 1.54. The Labute approximate surface area is 223 Å². The molecule has 0 spiro atoms. The number of rotatable bonds is 11. The number of carbonyl (C=O) groups is 2. The number of nitrogens with zero attached hydrogens (tertiary/aromatic N) is 3. The number of fused-ring (bicyclic) bond motifs is 1. The Kier molecular flexibility index (Phi) is 7.75. The number of carboxylic acids is 1. The van der Waals surface area contributed by atoms with Crippen molar-refractivity contribution in [3.8, 4) is 23.1 Å². The van der Waals surface area contributed by atoms with Gasteiger partial charge in [-0.3, -0.25) is 14.5 Å². The molecule has 206 valence electrons. The van der Waals surface area contributed by atoms with Gasteiger partial charge < -0.3 is 29.4 Å². The zero-order valence-corrected chi connectivity index (χ0v) is 21.4. The van der Waals surface area contributed by atoms with Gasteiger partial charge >= 0.3 is 5.97 Å². The Morgan fingerprint density at radius 1 is 1.13 bits per heavy atom. The maximum atomic E-state index is 14.9. The average Bonchev–Trinajstić information content (AvgIpc) is 3.76. The van der Waals surface area contributed by atoms with Crippen molar-refractivity contribution in [2.24, 2.45) is 5.41 Å². The number of hydrogen-bond donors (Lipinski definition) is 2. The molecule has 2 heterocycles. The van der Waals surface area contributed by atoms with Crippen LogP contribution in [0.2, 0.25) is 0 Å². The lowest BCUT2D eigenvalue weighted by atomic mass is 10.1. The summed E-state index contributed by atoms with van der Waals surface area (Å²) < 4.78 is 37.6. The predicted molar refractivity (Wildman–Crippen MR) is 138 cm³/mol. The molecular formula is C27H29FN4O7. The van der Waals surface area contributed by atoms with E-state index in [0.29, 0.717) is 29.0 Å². The molecule has 2 fully saturated rings. The predicted octanol–water partition coefficient (Wildman–Crippen LogP) is 3.47. The van der Waals surface area contributed by atoms with Crippen LogP contribution in [0.25, 0.3) is 10.9 Å². The minimum Gasteiger partial charge on any atom is -0.493 e. The number of nitrogens with one attached hydrogen (secondary N) is 1. The van der Waals surface area contributed by atoms with Crippen LogP contribution < -0.4 is 19.5 Å². The number of halogens is 1. The first-order chi connectivity index (χ1) is 18.9. The molecule has 2 aliphatic rings. The standard InChI is InChI=1S/C27H29FN4O7/c1-36-22-15-20-18(14-23(22)38-10-2-7-32-8-11-37-12-9-32)24(30-16-29-20)39-21-4-3-17(13-19(21)28)31-25(33)27(5-6-27)26(34)35/h3-4,13-16H,2,5-12H2,1H3,(H,31,33)(H,34,35). The number of carboxylic acid groups (broad SMARTS) is 1. The molecule has 1 saturated heterocycles. The van der Waals surface area contributed by atoms with Gasteiger partial charge in [0, 0.05) is 37.5 Å². The average molecular weight is 541 g/mol. The van der Waals surface area contributed by atoms with Crippen molar-refractivity contribution in [3.63, 3.8) is 0 Å². The van der Waals surface area contributed by atoms with Crippen LogP contribution in [0.15, 0.2) is 36.7 Å². The Morgan fingerprint density at radius 2 is 1.92 bits per heavy atom. The van der Waals surface area contributed by atoms with E-state index in [9.17, 15) is 19.1 Å². The van der Waals surface area contributed by atoms with Crippen molar-refractivity contribution >= 4 is 28.5 Å². The lowest BCUT2D eigenvalue weighted by Crippen LogP contribution is -2.37. The second kappa shape index (κ2) is 11.4. The third kappa shape index (κ3) is 5.86. The first-order valence-corrected chi connectivity index (χ1v) is 12.7. The van der Waals surface area contributed by atoms with E-state index in [-0.39, 0.29) is 30.2 Å². The number of hydrogen-bond acceptors (Lipinski definition) is 9. The highest BCUT2D eigenvalue weighted by molar-refractivity contribution is 6.10. The number of carbonyl (C=O) groups excluding carboxylic acids is 1. The largest absolute Gasteiger partial charge is 0.493 e. The summed E-state index contributed by atoms with van der Waals surface area (Å²) in [6.45, 7) is 4.66. The molecule has 0 bridgehead atoms. The summed E-state index contributed by atoms with van der Waals surface area (Å²) >= 11 is 0. The molecule has 12 heteroatoms. The summed E-state index contributed by atoms with van der Waals surface area (Å²) in [4.78, 5) is 34.5. The number of morpholine rings is 1. The Morgan fingerprint density at radius 3 is 2.62 bits per heavy atom. The summed E-state index contributed by atoms with van der Waals surface area (Å²) in [5, 5.41) is 12.2. The van der Waals surface area contributed by atoms with Crippen molar-refractivity contribution in [3.05, 3.63) is 42.5 Å². The van der Waals surface area contributed by atoms with Crippen LogP contribution in [0, 0.1) is 11.2 Å². The van der Waals surface area contributed by atoms with E-state index in [4.69, 9.17) is 18.9 Å². The van der Waals surface area contributed by atoms with Crippen LogP contribution >= 0.6 is 0 Å². The van der Waals surface area contributed by atoms with E-state index in [1.807, 2.05) is 0 Å². The molecule has 0 radical (unpaired) electrons. The van der Waals surface area contributed by atoms with E-state index in [1.165, 1.54) is 25.6 Å². The summed E-state index contributed by atoms with van der Waals surface area (Å²) in [6, 6.07) is 7.24. The van der Waals surface area contributed by atoms with Gasteiger partial charge in [0.2, 0.25) is 11.8 Å². The molecule has 3 aromatic rings. The molecule has 0 atom stereocenters. The molecule has 1 saturated carbocycles. The number of amides is 1. The summed E-state index contributed by atoms with van der Waals surface area (Å²) in [5.74, 6) is -1.65. The van der Waals surface area contributed by atoms with Crippen molar-refractivity contribution in [2.75, 3.05) is 51.9 Å². The van der Waals surface area contributed by atoms with Gasteiger partial charge in [0.15, 0.2) is 23.1 Å². The fourth-order valence-corrected chi connectivity index (χ4v) is 4.37. The normalized spacial score (nSPS) is 16.5. The highest BCUT2D eigenvalue weighted by Gasteiger charge is 2.57. The quantitative estimate of drug-likeness (QED) is 0.275. The van der Waals surface area contributed by atoms with Gasteiger partial charge in [-0.2, -0.15) is 0 Å². The first-order valence-electron chi connectivity index (χ1n) is 12.7. The monoisotopic (exact) mass is 540 g/mol. The lowest BCUT2D eigenvalue weighted by Gasteiger charge is -2.26. The second-order valence-corrected chi connectivity index (χ2v) is 9.44. The third-order valence-electron chi connectivity index (χ3n) is 6.85. The SMILES string of the molecule is COc1cc2ncnc(Oc3ccc(NC(=O)C4(C(=O)O)CC4)cc3F)c2cc1OCCCN1CCOCC1. The summed E-state index contributed by atoms with van der Waals surface area (Å²) in [6.07, 6.45) is 2.62. The van der Waals surface area contributed by atoms with Crippen molar-refractivity contribution in [2.45, 2.75) is 19.3 Å². The van der Waals surface area contributed by atoms with Crippen LogP contribution in [0.3, 0.4) is 0 Å². The van der Waals surface area contributed by atoms with Crippen LogP contribution in [-0.2, 0) is 14.3 Å². The maximum absolute atomic E-state index is 14.9. The topological polar surface area (TPSA) is 132 Å². The van der Waals surface area contributed by atoms with E-state index in [0.717, 1.165) is 45.3 Å². The molecule has 39 heavy (non-hydrogen) atoms. The zero-order chi connectivity index (χ0) is 27.4. The van der Waals surface area contributed by atoms with Gasteiger partial charge in [0.05, 0.1) is 37.8 Å². The number of methoxy groups -OCH3 is 1. The van der Waals surface area contributed by atoms with Gasteiger partial charge in [0.1, 0.15) is 11.7 Å². The Balaban J connectivity index is 1.29. The molecule has 1 aliphatic carbocycles. The van der Waals surface area contributed by atoms with Gasteiger partial charge in [-0.25, -0.2) is 14.4 Å². The fraction of sp³-hybridized carbons (Fsp3) is 0.407. The van der Waals surface area contributed by atoms with E-state index in [1.54, 1.807) is 12.1 Å². The number of aliphatic carboxylic acids is 1. The molecule has 11 nitrogen and oxygen atoms in total. The van der Waals surface area contributed by atoms with Crippen molar-refractivity contribution in [1.82, 2.24) is 14.9 Å². The van der Waals surface area contributed by atoms with Crippen LogP contribution in [-0.4, -0.2) is 78.4 Å². The second-order valence-electron chi connectivity index (χ2n) is 9.44. The zero-order valence-electron chi connectivity index (χ0n) is 21.4. The van der Waals surface area contributed by atoms with Crippen molar-refractivity contribution < 1.29 is 38.0 Å². The number of anilines is 1. The Hall–Kier alpha value is -4.03. The van der Waals surface area contributed by atoms with Gasteiger partial charge in [-0.05, 0) is 37.5 Å².